The number of nitrogens with two attached hydrogens (primary N) is 2. The molecule has 1 heterocycles. The van der Waals surface area contributed by atoms with Crippen LogP contribution < -0.4 is 16.4 Å². The average molecular weight is 396 g/mol. The summed E-state index contributed by atoms with van der Waals surface area (Å²) in [5.41, 5.74) is 5.41. The van der Waals surface area contributed by atoms with Crippen LogP contribution >= 0.6 is 0 Å². The number of carbonyl (C=O) groups excluding carboxylic acids is 2. The van der Waals surface area contributed by atoms with Crippen molar-refractivity contribution in [3.8, 4) is 0 Å². The lowest BCUT2D eigenvalue weighted by molar-refractivity contribution is -0.581. The van der Waals surface area contributed by atoms with Gasteiger partial charge in [-0.2, -0.15) is 0 Å². The molecule has 1 saturated heterocycles. The first kappa shape index (κ1) is 22.0. The van der Waals surface area contributed by atoms with Gasteiger partial charge in [-0.3, -0.25) is 5.32 Å². The van der Waals surface area contributed by atoms with Crippen molar-refractivity contribution in [2.45, 2.75) is 45.7 Å². The van der Waals surface area contributed by atoms with Gasteiger partial charge in [0.25, 0.3) is 0 Å². The molecule has 2 rings (SSSR count). The van der Waals surface area contributed by atoms with Crippen LogP contribution in [-0.4, -0.2) is 30.6 Å². The topological polar surface area (TPSA) is 98.0 Å². The summed E-state index contributed by atoms with van der Waals surface area (Å²) < 4.78 is 32.4. The van der Waals surface area contributed by atoms with Gasteiger partial charge in [0.15, 0.2) is 17.2 Å². The molecule has 0 aliphatic carbocycles. The maximum Gasteiger partial charge on any atom is 0.352 e. The normalized spacial score (nSPS) is 20.2. The van der Waals surface area contributed by atoms with Gasteiger partial charge < -0.3 is 15.8 Å². The smallest absolute Gasteiger partial charge is 0.352 e. The number of primary amides is 1. The van der Waals surface area contributed by atoms with Gasteiger partial charge in [-0.25, -0.2) is 18.4 Å². The van der Waals surface area contributed by atoms with Crippen LogP contribution in [0.25, 0.3) is 0 Å². The summed E-state index contributed by atoms with van der Waals surface area (Å²) in [6.45, 7) is 6.27. The van der Waals surface area contributed by atoms with Gasteiger partial charge in [0.2, 0.25) is 0 Å². The number of esters is 1. The molecule has 1 aliphatic heterocycles. The Labute approximate surface area is 163 Å². The summed E-state index contributed by atoms with van der Waals surface area (Å²) in [5, 5.41) is 4.35. The lowest BCUT2D eigenvalue weighted by atomic mass is 9.92. The molecule has 8 heteroatoms. The Morgan fingerprint density at radius 1 is 1.36 bits per heavy atom. The third-order valence-corrected chi connectivity index (χ3v) is 4.77. The van der Waals surface area contributed by atoms with Crippen molar-refractivity contribution in [1.29, 1.82) is 0 Å². The largest absolute Gasteiger partial charge is 0.462 e. The SMILES string of the molecule is CC(C)COC(=O)C(C(=O)[NH2+]Cc1cccc(F)c1F)=C(N)C1(C)CCCN1. The highest BCUT2D eigenvalue weighted by Gasteiger charge is 2.38. The van der Waals surface area contributed by atoms with E-state index in [4.69, 9.17) is 10.5 Å². The fraction of sp³-hybridized carbons (Fsp3) is 0.500. The van der Waals surface area contributed by atoms with E-state index in [0.29, 0.717) is 6.42 Å². The number of hydrogen-bond acceptors (Lipinski definition) is 5. The van der Waals surface area contributed by atoms with Crippen molar-refractivity contribution in [2.75, 3.05) is 13.2 Å². The van der Waals surface area contributed by atoms with Crippen molar-refractivity contribution in [3.05, 3.63) is 46.7 Å². The van der Waals surface area contributed by atoms with Gasteiger partial charge in [0, 0.05) is 5.56 Å². The fourth-order valence-electron chi connectivity index (χ4n) is 3.07. The Morgan fingerprint density at radius 2 is 2.07 bits per heavy atom. The van der Waals surface area contributed by atoms with Crippen molar-refractivity contribution < 1.29 is 28.4 Å². The van der Waals surface area contributed by atoms with Gasteiger partial charge in [0.1, 0.15) is 6.54 Å². The van der Waals surface area contributed by atoms with E-state index in [2.05, 4.69) is 5.32 Å². The predicted octanol–water partition coefficient (Wildman–Crippen LogP) is 1.11. The highest BCUT2D eigenvalue weighted by molar-refractivity contribution is 6.13. The molecule has 0 bridgehead atoms. The first-order chi connectivity index (χ1) is 13.2. The number of hydrogen-bond donors (Lipinski definition) is 3. The Kier molecular flexibility index (Phi) is 7.26. The van der Waals surface area contributed by atoms with E-state index in [9.17, 15) is 18.4 Å². The molecule has 1 fully saturated rings. The minimum atomic E-state index is -1.02. The molecular weight excluding hydrogens is 368 g/mol. The van der Waals surface area contributed by atoms with Gasteiger partial charge in [-0.05, 0) is 38.3 Å². The van der Waals surface area contributed by atoms with Crippen molar-refractivity contribution in [3.63, 3.8) is 0 Å². The number of benzene rings is 1. The molecule has 1 aromatic carbocycles. The van der Waals surface area contributed by atoms with Crippen molar-refractivity contribution in [1.82, 2.24) is 5.32 Å². The summed E-state index contributed by atoms with van der Waals surface area (Å²) >= 11 is 0. The molecule has 0 spiro atoms. The second-order valence-corrected chi connectivity index (χ2v) is 7.63. The van der Waals surface area contributed by atoms with Crippen LogP contribution in [0.2, 0.25) is 0 Å². The van der Waals surface area contributed by atoms with E-state index in [1.54, 1.807) is 0 Å². The molecule has 1 atom stereocenters. The Morgan fingerprint density at radius 3 is 2.68 bits per heavy atom. The summed E-state index contributed by atoms with van der Waals surface area (Å²) in [5.74, 6) is -3.39. The number of carbonyl (C=O) groups is 2. The summed E-state index contributed by atoms with van der Waals surface area (Å²) in [4.78, 5) is 25.4. The lowest BCUT2D eigenvalue weighted by Crippen LogP contribution is -2.87. The van der Waals surface area contributed by atoms with Crippen LogP contribution in [-0.2, 0) is 20.9 Å². The second kappa shape index (κ2) is 9.25. The van der Waals surface area contributed by atoms with Crippen LogP contribution in [0.1, 0.15) is 39.2 Å². The van der Waals surface area contributed by atoms with Crippen LogP contribution in [0.15, 0.2) is 29.5 Å². The third-order valence-electron chi connectivity index (χ3n) is 4.77. The lowest BCUT2D eigenvalue weighted by Gasteiger charge is -2.26. The molecule has 1 aliphatic rings. The molecule has 5 N–H and O–H groups in total. The van der Waals surface area contributed by atoms with Gasteiger partial charge in [0.05, 0.1) is 17.8 Å². The molecule has 1 unspecified atom stereocenters. The minimum absolute atomic E-state index is 0.0204. The highest BCUT2D eigenvalue weighted by Crippen LogP contribution is 2.26. The van der Waals surface area contributed by atoms with Crippen LogP contribution in [0.3, 0.4) is 0 Å². The zero-order valence-corrected chi connectivity index (χ0v) is 16.5. The molecule has 0 aromatic heterocycles. The summed E-state index contributed by atoms with van der Waals surface area (Å²) in [6.07, 6.45) is 1.53. The van der Waals surface area contributed by atoms with Crippen molar-refractivity contribution >= 4 is 11.9 Å². The van der Waals surface area contributed by atoms with Gasteiger partial charge in [-0.1, -0.05) is 26.0 Å². The number of quaternary nitrogens is 1. The second-order valence-electron chi connectivity index (χ2n) is 7.63. The number of amides is 1. The first-order valence-corrected chi connectivity index (χ1v) is 9.38. The summed E-state index contributed by atoms with van der Waals surface area (Å²) in [7, 11) is 0. The number of nitrogens with one attached hydrogen (secondary N) is 1. The molecule has 154 valence electrons. The first-order valence-electron chi connectivity index (χ1n) is 9.38. The van der Waals surface area contributed by atoms with Gasteiger partial charge in [-0.15, -0.1) is 0 Å². The molecule has 28 heavy (non-hydrogen) atoms. The van der Waals surface area contributed by atoms with E-state index in [1.807, 2.05) is 20.8 Å². The van der Waals surface area contributed by atoms with Crippen LogP contribution in [0.4, 0.5) is 8.78 Å². The maximum atomic E-state index is 13.8. The Bertz CT molecular complexity index is 772. The average Bonchev–Trinajstić information content (AvgIpc) is 3.09. The molecular formula is C20H28F2N3O3+. The summed E-state index contributed by atoms with van der Waals surface area (Å²) in [6, 6.07) is 3.74. The monoisotopic (exact) mass is 396 g/mol. The zero-order chi connectivity index (χ0) is 20.9. The number of ether oxygens (including phenoxy) is 1. The van der Waals surface area contributed by atoms with E-state index in [0.717, 1.165) is 24.3 Å². The van der Waals surface area contributed by atoms with E-state index in [-0.39, 0.29) is 35.9 Å². The van der Waals surface area contributed by atoms with Crippen LogP contribution in [0.5, 0.6) is 0 Å². The van der Waals surface area contributed by atoms with Gasteiger partial charge >= 0.3 is 11.9 Å². The standard InChI is InChI=1S/C20H27F2N3O3/c1-12(2)11-28-19(27)15(17(23)20(3)8-5-9-25-20)18(26)24-10-13-6-4-7-14(21)16(13)22/h4,6-7,12,25H,5,8-11,23H2,1-3H3,(H,24,26)/p+1. The van der Waals surface area contributed by atoms with Crippen LogP contribution in [0, 0.1) is 17.6 Å². The Hall–Kier alpha value is -2.32. The molecule has 1 amide bonds. The maximum absolute atomic E-state index is 13.8. The number of halogens is 2. The van der Waals surface area contributed by atoms with E-state index in [1.165, 1.54) is 12.1 Å². The molecule has 0 radical (unpaired) electrons. The number of rotatable bonds is 7. The molecule has 6 nitrogen and oxygen atoms in total. The third kappa shape index (κ3) is 5.14. The van der Waals surface area contributed by atoms with E-state index < -0.39 is 29.0 Å². The van der Waals surface area contributed by atoms with E-state index >= 15 is 0 Å². The highest BCUT2D eigenvalue weighted by atomic mass is 19.2. The minimum Gasteiger partial charge on any atom is -0.462 e. The van der Waals surface area contributed by atoms with Crippen molar-refractivity contribution in [2.24, 2.45) is 11.7 Å². The zero-order valence-electron chi connectivity index (χ0n) is 16.5. The predicted molar refractivity (Wildman–Crippen MR) is 99.6 cm³/mol. The quantitative estimate of drug-likeness (QED) is 0.278. The Balaban J connectivity index is 2.26. The molecule has 0 saturated carbocycles. The molecule has 1 aromatic rings. The fourth-order valence-corrected chi connectivity index (χ4v) is 3.07.